The number of nitrogens with one attached hydrogen (secondary N) is 2. The molecule has 7 nitrogen and oxygen atoms in total. The number of benzene rings is 1. The summed E-state index contributed by atoms with van der Waals surface area (Å²) in [5.41, 5.74) is 7.38. The molecule has 2 amide bonds. The predicted molar refractivity (Wildman–Crippen MR) is 103 cm³/mol. The molecule has 1 aliphatic heterocycles. The maximum Gasteiger partial charge on any atom is 0.276 e. The molecule has 0 bridgehead atoms. The highest BCUT2D eigenvalue weighted by atomic mass is 16.5. The van der Waals surface area contributed by atoms with E-state index in [-0.39, 0.29) is 6.61 Å². The van der Waals surface area contributed by atoms with Crippen LogP contribution in [0.5, 0.6) is 5.75 Å². The number of carbonyl (C=O) groups excluding carboxylic acids is 2. The average Bonchev–Trinajstić information content (AvgIpc) is 3.18. The molecule has 27 heavy (non-hydrogen) atoms. The van der Waals surface area contributed by atoms with E-state index in [1.165, 1.54) is 0 Å². The van der Waals surface area contributed by atoms with Crippen LogP contribution < -0.4 is 20.5 Å². The van der Waals surface area contributed by atoms with Gasteiger partial charge in [0.1, 0.15) is 11.6 Å². The van der Waals surface area contributed by atoms with Gasteiger partial charge in [0.05, 0.1) is 5.56 Å². The van der Waals surface area contributed by atoms with E-state index in [1.807, 2.05) is 32.0 Å². The number of aryl methyl sites for hydroxylation is 2. The molecule has 0 radical (unpaired) electrons. The van der Waals surface area contributed by atoms with Crippen molar-refractivity contribution < 1.29 is 14.3 Å². The molecule has 1 fully saturated rings. The summed E-state index contributed by atoms with van der Waals surface area (Å²) in [6, 6.07) is 9.15. The van der Waals surface area contributed by atoms with E-state index in [2.05, 4.69) is 20.7 Å². The Balaban J connectivity index is 1.54. The Morgan fingerprint density at radius 1 is 1.11 bits per heavy atom. The Bertz CT molecular complexity index is 811. The number of hydrazine groups is 1. The Kier molecular flexibility index (Phi) is 5.90. The van der Waals surface area contributed by atoms with Crippen LogP contribution >= 0.6 is 0 Å². The Hall–Kier alpha value is -3.09. The van der Waals surface area contributed by atoms with Crippen molar-refractivity contribution in [3.63, 3.8) is 0 Å². The third-order valence-electron chi connectivity index (χ3n) is 4.32. The highest BCUT2D eigenvalue weighted by Gasteiger charge is 2.20. The first-order valence-corrected chi connectivity index (χ1v) is 9.03. The minimum Gasteiger partial charge on any atom is -0.484 e. The first-order chi connectivity index (χ1) is 13.0. The van der Waals surface area contributed by atoms with Crippen LogP contribution in [-0.4, -0.2) is 36.5 Å². The van der Waals surface area contributed by atoms with E-state index in [4.69, 9.17) is 4.74 Å². The summed E-state index contributed by atoms with van der Waals surface area (Å²) in [7, 11) is 0. The lowest BCUT2D eigenvalue weighted by molar-refractivity contribution is -0.123. The van der Waals surface area contributed by atoms with Crippen molar-refractivity contribution in [1.29, 1.82) is 0 Å². The van der Waals surface area contributed by atoms with Gasteiger partial charge in [-0.2, -0.15) is 0 Å². The summed E-state index contributed by atoms with van der Waals surface area (Å²) in [5.74, 6) is 0.435. The zero-order chi connectivity index (χ0) is 19.2. The molecule has 0 unspecified atom stereocenters. The molecule has 1 saturated heterocycles. The van der Waals surface area contributed by atoms with Crippen LogP contribution in [0.25, 0.3) is 0 Å². The van der Waals surface area contributed by atoms with Gasteiger partial charge in [0.25, 0.3) is 11.8 Å². The van der Waals surface area contributed by atoms with E-state index in [1.54, 1.807) is 18.3 Å². The van der Waals surface area contributed by atoms with Crippen molar-refractivity contribution in [3.05, 3.63) is 53.2 Å². The molecule has 2 aromatic rings. The molecule has 0 saturated carbocycles. The zero-order valence-electron chi connectivity index (χ0n) is 15.6. The largest absolute Gasteiger partial charge is 0.484 e. The fourth-order valence-corrected chi connectivity index (χ4v) is 3.15. The van der Waals surface area contributed by atoms with E-state index in [0.717, 1.165) is 37.1 Å². The van der Waals surface area contributed by atoms with Crippen molar-refractivity contribution in [2.45, 2.75) is 26.7 Å². The second-order valence-corrected chi connectivity index (χ2v) is 6.68. The molecule has 3 rings (SSSR count). The molecule has 7 heteroatoms. The smallest absolute Gasteiger partial charge is 0.276 e. The molecule has 1 aromatic heterocycles. The van der Waals surface area contributed by atoms with Gasteiger partial charge in [0.15, 0.2) is 6.61 Å². The Morgan fingerprint density at radius 3 is 2.52 bits per heavy atom. The summed E-state index contributed by atoms with van der Waals surface area (Å²) in [4.78, 5) is 30.9. The summed E-state index contributed by atoms with van der Waals surface area (Å²) in [5, 5.41) is 0. The van der Waals surface area contributed by atoms with Gasteiger partial charge in [0.2, 0.25) is 0 Å². The third kappa shape index (κ3) is 4.97. The summed E-state index contributed by atoms with van der Waals surface area (Å²) >= 11 is 0. The molecule has 2 N–H and O–H groups in total. The van der Waals surface area contributed by atoms with Gasteiger partial charge in [0, 0.05) is 19.3 Å². The molecule has 1 aliphatic rings. The molecule has 0 aliphatic carbocycles. The summed E-state index contributed by atoms with van der Waals surface area (Å²) in [6.07, 6.45) is 3.84. The second kappa shape index (κ2) is 8.53. The first-order valence-electron chi connectivity index (χ1n) is 9.03. The lowest BCUT2D eigenvalue weighted by Crippen LogP contribution is -2.44. The number of hydrogen-bond acceptors (Lipinski definition) is 5. The lowest BCUT2D eigenvalue weighted by Gasteiger charge is -2.19. The number of anilines is 1. The quantitative estimate of drug-likeness (QED) is 0.790. The van der Waals surface area contributed by atoms with E-state index >= 15 is 0 Å². The van der Waals surface area contributed by atoms with Crippen LogP contribution in [0.3, 0.4) is 0 Å². The number of nitrogens with zero attached hydrogens (tertiary/aromatic N) is 2. The molecular weight excluding hydrogens is 344 g/mol. The number of aromatic nitrogens is 1. The van der Waals surface area contributed by atoms with Crippen LogP contribution in [0, 0.1) is 13.8 Å². The second-order valence-electron chi connectivity index (χ2n) is 6.68. The highest BCUT2D eigenvalue weighted by molar-refractivity contribution is 5.99. The van der Waals surface area contributed by atoms with Crippen molar-refractivity contribution in [3.8, 4) is 5.75 Å². The van der Waals surface area contributed by atoms with E-state index in [0.29, 0.717) is 17.1 Å². The Morgan fingerprint density at radius 2 is 1.81 bits per heavy atom. The van der Waals surface area contributed by atoms with Gasteiger partial charge < -0.3 is 9.64 Å². The molecular formula is C20H24N4O3. The first kappa shape index (κ1) is 18.7. The van der Waals surface area contributed by atoms with Crippen molar-refractivity contribution in [1.82, 2.24) is 15.8 Å². The molecule has 0 atom stereocenters. The number of pyridine rings is 1. The van der Waals surface area contributed by atoms with E-state index in [9.17, 15) is 9.59 Å². The fraction of sp³-hybridized carbons (Fsp3) is 0.350. The topological polar surface area (TPSA) is 83.6 Å². The van der Waals surface area contributed by atoms with Crippen LogP contribution in [0.2, 0.25) is 0 Å². The summed E-state index contributed by atoms with van der Waals surface area (Å²) < 4.78 is 5.49. The lowest BCUT2D eigenvalue weighted by atomic mass is 10.1. The highest BCUT2D eigenvalue weighted by Crippen LogP contribution is 2.21. The van der Waals surface area contributed by atoms with Crippen molar-refractivity contribution in [2.75, 3.05) is 24.6 Å². The molecule has 1 aromatic carbocycles. The normalized spacial score (nSPS) is 13.3. The maximum absolute atomic E-state index is 12.5. The summed E-state index contributed by atoms with van der Waals surface area (Å²) in [6.45, 7) is 5.51. The number of ether oxygens (including phenoxy) is 1. The number of hydrogen-bond donors (Lipinski definition) is 2. The van der Waals surface area contributed by atoms with Crippen LogP contribution in [0.15, 0.2) is 36.5 Å². The SMILES string of the molecule is Cc1cc(C)cc(OCC(=O)NNC(=O)c2cccnc2N2CCCC2)c1. The average molecular weight is 368 g/mol. The predicted octanol–water partition coefficient (Wildman–Crippen LogP) is 2.14. The fourth-order valence-electron chi connectivity index (χ4n) is 3.15. The molecule has 142 valence electrons. The minimum absolute atomic E-state index is 0.185. The molecule has 2 heterocycles. The Labute approximate surface area is 158 Å². The number of amides is 2. The van der Waals surface area contributed by atoms with E-state index < -0.39 is 11.8 Å². The van der Waals surface area contributed by atoms with Gasteiger partial charge in [-0.1, -0.05) is 6.07 Å². The van der Waals surface area contributed by atoms with Crippen LogP contribution in [0.1, 0.15) is 34.3 Å². The third-order valence-corrected chi connectivity index (χ3v) is 4.32. The van der Waals surface area contributed by atoms with Gasteiger partial charge in [-0.3, -0.25) is 20.4 Å². The monoisotopic (exact) mass is 368 g/mol. The van der Waals surface area contributed by atoms with Gasteiger partial charge in [-0.15, -0.1) is 0 Å². The molecule has 0 spiro atoms. The minimum atomic E-state index is -0.436. The van der Waals surface area contributed by atoms with Crippen LogP contribution in [0.4, 0.5) is 5.82 Å². The number of carbonyl (C=O) groups is 2. The zero-order valence-corrected chi connectivity index (χ0v) is 15.6. The van der Waals surface area contributed by atoms with Crippen molar-refractivity contribution >= 4 is 17.6 Å². The van der Waals surface area contributed by atoms with Crippen molar-refractivity contribution in [2.24, 2.45) is 0 Å². The number of rotatable bonds is 5. The van der Waals surface area contributed by atoms with Gasteiger partial charge in [-0.05, 0) is 62.1 Å². The standard InChI is InChI=1S/C20H24N4O3/c1-14-10-15(2)12-16(11-14)27-13-18(25)22-23-20(26)17-6-5-7-21-19(17)24-8-3-4-9-24/h5-7,10-12H,3-4,8-9,13H2,1-2H3,(H,22,25)(H,23,26). The van der Waals surface area contributed by atoms with Crippen LogP contribution in [-0.2, 0) is 4.79 Å². The van der Waals surface area contributed by atoms with Gasteiger partial charge >= 0.3 is 0 Å². The maximum atomic E-state index is 12.5. The van der Waals surface area contributed by atoms with Gasteiger partial charge in [-0.25, -0.2) is 4.98 Å².